The van der Waals surface area contributed by atoms with Crippen LogP contribution in [0.4, 0.5) is 0 Å². The number of hydrogen-bond donors (Lipinski definition) is 1. The van der Waals surface area contributed by atoms with Crippen LogP contribution in [-0.4, -0.2) is 36.6 Å². The third-order valence-electron chi connectivity index (χ3n) is 4.95. The zero-order valence-electron chi connectivity index (χ0n) is 13.1. The van der Waals surface area contributed by atoms with Gasteiger partial charge in [0.1, 0.15) is 0 Å². The fourth-order valence-corrected chi connectivity index (χ4v) is 3.56. The summed E-state index contributed by atoms with van der Waals surface area (Å²) in [4.78, 5) is 2.59. The van der Waals surface area contributed by atoms with E-state index in [0.717, 1.165) is 24.5 Å². The Morgan fingerprint density at radius 1 is 1.16 bits per heavy atom. The molecule has 1 N–H and O–H groups in total. The molecule has 1 saturated heterocycles. The SMILES string of the molecule is CC(C)=CCN1CCC(N[C@H](C)C2CCCC2)CC1. The minimum Gasteiger partial charge on any atom is -0.311 e. The van der Waals surface area contributed by atoms with Gasteiger partial charge in [0.2, 0.25) is 0 Å². The van der Waals surface area contributed by atoms with E-state index < -0.39 is 0 Å². The van der Waals surface area contributed by atoms with Crippen LogP contribution in [0, 0.1) is 5.92 Å². The molecule has 0 radical (unpaired) electrons. The van der Waals surface area contributed by atoms with E-state index in [2.05, 4.69) is 37.1 Å². The average Bonchev–Trinajstić information content (AvgIpc) is 2.92. The molecular weight excluding hydrogens is 232 g/mol. The smallest absolute Gasteiger partial charge is 0.0165 e. The minimum atomic E-state index is 0.733. The molecule has 2 rings (SSSR count). The molecule has 0 aromatic heterocycles. The van der Waals surface area contributed by atoms with Crippen molar-refractivity contribution in [1.29, 1.82) is 0 Å². The third kappa shape index (κ3) is 4.92. The second-order valence-electron chi connectivity index (χ2n) is 6.86. The van der Waals surface area contributed by atoms with Gasteiger partial charge in [0.05, 0.1) is 0 Å². The summed E-state index contributed by atoms with van der Waals surface area (Å²) in [6.07, 6.45) is 10.8. The fraction of sp³-hybridized carbons (Fsp3) is 0.882. The van der Waals surface area contributed by atoms with Crippen LogP contribution in [-0.2, 0) is 0 Å². The number of hydrogen-bond acceptors (Lipinski definition) is 2. The van der Waals surface area contributed by atoms with Crippen LogP contribution in [0.1, 0.15) is 59.3 Å². The molecule has 0 amide bonds. The quantitative estimate of drug-likeness (QED) is 0.764. The monoisotopic (exact) mass is 264 g/mol. The Morgan fingerprint density at radius 2 is 1.79 bits per heavy atom. The Labute approximate surface area is 119 Å². The van der Waals surface area contributed by atoms with Gasteiger partial charge >= 0.3 is 0 Å². The Balaban J connectivity index is 1.66. The first-order valence-electron chi connectivity index (χ1n) is 8.27. The summed E-state index contributed by atoms with van der Waals surface area (Å²) in [6, 6.07) is 1.50. The van der Waals surface area contributed by atoms with Crippen molar-refractivity contribution in [3.8, 4) is 0 Å². The van der Waals surface area contributed by atoms with Crippen molar-refractivity contribution in [2.45, 2.75) is 71.4 Å². The Hall–Kier alpha value is -0.340. The van der Waals surface area contributed by atoms with Crippen LogP contribution < -0.4 is 5.32 Å². The lowest BCUT2D eigenvalue weighted by atomic mass is 9.96. The van der Waals surface area contributed by atoms with E-state index in [-0.39, 0.29) is 0 Å². The van der Waals surface area contributed by atoms with Crippen molar-refractivity contribution in [2.75, 3.05) is 19.6 Å². The predicted octanol–water partition coefficient (Wildman–Crippen LogP) is 3.59. The van der Waals surface area contributed by atoms with Gasteiger partial charge in [-0.1, -0.05) is 24.5 Å². The zero-order valence-corrected chi connectivity index (χ0v) is 13.1. The highest BCUT2D eigenvalue weighted by Crippen LogP contribution is 2.28. The van der Waals surface area contributed by atoms with Crippen molar-refractivity contribution in [2.24, 2.45) is 5.92 Å². The van der Waals surface area contributed by atoms with Crippen LogP contribution in [0.2, 0.25) is 0 Å². The fourth-order valence-electron chi connectivity index (χ4n) is 3.56. The highest BCUT2D eigenvalue weighted by molar-refractivity contribution is 4.96. The molecule has 2 nitrogen and oxygen atoms in total. The molecule has 2 aliphatic rings. The standard InChI is InChI=1S/C17H32N2/c1-14(2)8-11-19-12-9-17(10-13-19)18-15(3)16-6-4-5-7-16/h8,15-18H,4-7,9-13H2,1-3H3/t15-/m1/s1. The molecule has 1 heterocycles. The first-order valence-corrected chi connectivity index (χ1v) is 8.27. The van der Waals surface area contributed by atoms with Crippen LogP contribution in [0.15, 0.2) is 11.6 Å². The molecule has 1 aliphatic heterocycles. The lowest BCUT2D eigenvalue weighted by Gasteiger charge is -2.34. The summed E-state index contributed by atoms with van der Waals surface area (Å²) in [5.74, 6) is 0.948. The topological polar surface area (TPSA) is 15.3 Å². The highest BCUT2D eigenvalue weighted by atomic mass is 15.1. The third-order valence-corrected chi connectivity index (χ3v) is 4.95. The van der Waals surface area contributed by atoms with Crippen molar-refractivity contribution in [1.82, 2.24) is 10.2 Å². The first-order chi connectivity index (χ1) is 9.15. The maximum Gasteiger partial charge on any atom is 0.0165 e. The van der Waals surface area contributed by atoms with Crippen molar-refractivity contribution < 1.29 is 0 Å². The molecule has 19 heavy (non-hydrogen) atoms. The van der Waals surface area contributed by atoms with Crippen LogP contribution in [0.3, 0.4) is 0 Å². The number of nitrogens with one attached hydrogen (secondary N) is 1. The van der Waals surface area contributed by atoms with E-state index in [1.165, 1.54) is 57.2 Å². The molecule has 1 aliphatic carbocycles. The molecule has 0 unspecified atom stereocenters. The van der Waals surface area contributed by atoms with Gasteiger partial charge in [-0.15, -0.1) is 0 Å². The number of nitrogens with zero attached hydrogens (tertiary/aromatic N) is 1. The summed E-state index contributed by atoms with van der Waals surface area (Å²) in [5.41, 5.74) is 1.44. The largest absolute Gasteiger partial charge is 0.311 e. The highest BCUT2D eigenvalue weighted by Gasteiger charge is 2.25. The van der Waals surface area contributed by atoms with Crippen LogP contribution in [0.5, 0.6) is 0 Å². The summed E-state index contributed by atoms with van der Waals surface area (Å²) in [6.45, 7) is 10.5. The number of piperidine rings is 1. The lowest BCUT2D eigenvalue weighted by Crippen LogP contribution is -2.47. The molecule has 0 aromatic rings. The van der Waals surface area contributed by atoms with E-state index in [1.807, 2.05) is 0 Å². The van der Waals surface area contributed by atoms with Crippen LogP contribution >= 0.6 is 0 Å². The van der Waals surface area contributed by atoms with Gasteiger partial charge in [0.15, 0.2) is 0 Å². The predicted molar refractivity (Wildman–Crippen MR) is 83.4 cm³/mol. The second kappa shape index (κ2) is 7.44. The molecule has 0 aromatic carbocycles. The number of rotatable bonds is 5. The summed E-state index contributed by atoms with van der Waals surface area (Å²) < 4.78 is 0. The molecular formula is C17H32N2. The van der Waals surface area contributed by atoms with Gasteiger partial charge in [0.25, 0.3) is 0 Å². The molecule has 0 bridgehead atoms. The Bertz CT molecular complexity index is 280. The maximum atomic E-state index is 3.90. The molecule has 2 fully saturated rings. The van der Waals surface area contributed by atoms with E-state index in [0.29, 0.717) is 0 Å². The van der Waals surface area contributed by atoms with E-state index in [9.17, 15) is 0 Å². The van der Waals surface area contributed by atoms with Crippen molar-refractivity contribution >= 4 is 0 Å². The van der Waals surface area contributed by atoms with Gasteiger partial charge < -0.3 is 5.32 Å². The minimum absolute atomic E-state index is 0.733. The molecule has 2 heteroatoms. The summed E-state index contributed by atoms with van der Waals surface area (Å²) in [5, 5.41) is 3.90. The lowest BCUT2D eigenvalue weighted by molar-refractivity contribution is 0.198. The van der Waals surface area contributed by atoms with Crippen molar-refractivity contribution in [3.05, 3.63) is 11.6 Å². The Kier molecular flexibility index (Phi) is 5.90. The molecule has 1 saturated carbocycles. The van der Waals surface area contributed by atoms with Crippen LogP contribution in [0.25, 0.3) is 0 Å². The summed E-state index contributed by atoms with van der Waals surface area (Å²) >= 11 is 0. The van der Waals surface area contributed by atoms with Gasteiger partial charge in [-0.05, 0) is 65.5 Å². The van der Waals surface area contributed by atoms with Crippen molar-refractivity contribution in [3.63, 3.8) is 0 Å². The van der Waals surface area contributed by atoms with E-state index in [4.69, 9.17) is 0 Å². The Morgan fingerprint density at radius 3 is 2.37 bits per heavy atom. The molecule has 1 atom stereocenters. The number of allylic oxidation sites excluding steroid dienone is 1. The zero-order chi connectivity index (χ0) is 13.7. The average molecular weight is 264 g/mol. The molecule has 0 spiro atoms. The first kappa shape index (κ1) is 15.1. The maximum absolute atomic E-state index is 3.90. The van der Waals surface area contributed by atoms with Gasteiger partial charge in [-0.2, -0.15) is 0 Å². The van der Waals surface area contributed by atoms with Gasteiger partial charge in [-0.25, -0.2) is 0 Å². The van der Waals surface area contributed by atoms with Gasteiger partial charge in [-0.3, -0.25) is 4.90 Å². The normalized spacial score (nSPS) is 24.6. The van der Waals surface area contributed by atoms with E-state index in [1.54, 1.807) is 0 Å². The summed E-state index contributed by atoms with van der Waals surface area (Å²) in [7, 11) is 0. The molecule has 110 valence electrons. The van der Waals surface area contributed by atoms with Gasteiger partial charge in [0, 0.05) is 18.6 Å². The second-order valence-corrected chi connectivity index (χ2v) is 6.86. The number of likely N-dealkylation sites (tertiary alicyclic amines) is 1. The van der Waals surface area contributed by atoms with E-state index >= 15 is 0 Å².